The van der Waals surface area contributed by atoms with Crippen LogP contribution < -0.4 is 5.32 Å². The van der Waals surface area contributed by atoms with Crippen molar-refractivity contribution in [3.63, 3.8) is 0 Å². The molecule has 4 atom stereocenters. The maximum Gasteiger partial charge on any atom is 0.0591 e. The summed E-state index contributed by atoms with van der Waals surface area (Å²) in [7, 11) is 0. The van der Waals surface area contributed by atoms with E-state index in [1.54, 1.807) is 0 Å². The van der Waals surface area contributed by atoms with Gasteiger partial charge in [0.2, 0.25) is 0 Å². The molecule has 18 heavy (non-hydrogen) atoms. The topological polar surface area (TPSA) is 34.2 Å². The Labute approximate surface area is 110 Å². The number of nitrogens with zero attached hydrogens (tertiary/aromatic N) is 1. The fourth-order valence-electron chi connectivity index (χ4n) is 3.03. The first-order chi connectivity index (χ1) is 8.74. The number of aromatic nitrogens is 1. The van der Waals surface area contributed by atoms with Crippen molar-refractivity contribution in [3.05, 3.63) is 30.1 Å². The van der Waals surface area contributed by atoms with Crippen molar-refractivity contribution < 1.29 is 4.74 Å². The van der Waals surface area contributed by atoms with E-state index < -0.39 is 0 Å². The second-order valence-corrected chi connectivity index (χ2v) is 5.18. The van der Waals surface area contributed by atoms with E-state index in [4.69, 9.17) is 4.74 Å². The highest BCUT2D eigenvalue weighted by Gasteiger charge is 2.34. The molecule has 0 aromatic carbocycles. The Balaban J connectivity index is 2.14. The van der Waals surface area contributed by atoms with Crippen LogP contribution >= 0.6 is 0 Å². The third kappa shape index (κ3) is 2.90. The molecule has 1 aromatic rings. The van der Waals surface area contributed by atoms with E-state index in [0.717, 1.165) is 19.6 Å². The molecule has 0 spiro atoms. The summed E-state index contributed by atoms with van der Waals surface area (Å²) in [5, 5.41) is 3.65. The molecule has 1 aliphatic rings. The minimum Gasteiger partial charge on any atom is -0.378 e. The van der Waals surface area contributed by atoms with Crippen LogP contribution in [0.15, 0.2) is 24.5 Å². The van der Waals surface area contributed by atoms with E-state index in [0.29, 0.717) is 24.0 Å². The molecular formula is C15H24N2O. The molecule has 3 heteroatoms. The van der Waals surface area contributed by atoms with E-state index >= 15 is 0 Å². The number of likely N-dealkylation sites (N-methyl/N-ethyl adjacent to an activating group) is 1. The number of rotatable bonds is 5. The minimum absolute atomic E-state index is 0.360. The standard InChI is InChI=1S/C15H24N2O/c1-4-17-15(14-7-10-18-12(14)3)11(2)13-5-8-16-9-6-13/h5-6,8-9,11-12,14-15,17H,4,7,10H2,1-3H3. The average molecular weight is 248 g/mol. The highest BCUT2D eigenvalue weighted by atomic mass is 16.5. The van der Waals surface area contributed by atoms with Crippen molar-refractivity contribution in [1.82, 2.24) is 10.3 Å². The zero-order valence-electron chi connectivity index (χ0n) is 11.6. The fourth-order valence-corrected chi connectivity index (χ4v) is 3.03. The number of hydrogen-bond donors (Lipinski definition) is 1. The summed E-state index contributed by atoms with van der Waals surface area (Å²) >= 11 is 0. The van der Waals surface area contributed by atoms with Gasteiger partial charge in [-0.25, -0.2) is 0 Å². The van der Waals surface area contributed by atoms with Crippen LogP contribution in [0.5, 0.6) is 0 Å². The molecule has 1 aromatic heterocycles. The van der Waals surface area contributed by atoms with Crippen molar-refractivity contribution >= 4 is 0 Å². The molecule has 1 fully saturated rings. The Hall–Kier alpha value is -0.930. The van der Waals surface area contributed by atoms with Gasteiger partial charge in [-0.3, -0.25) is 4.98 Å². The molecule has 2 rings (SSSR count). The third-order valence-corrected chi connectivity index (χ3v) is 4.11. The van der Waals surface area contributed by atoms with Gasteiger partial charge in [0.25, 0.3) is 0 Å². The van der Waals surface area contributed by atoms with Gasteiger partial charge in [-0.15, -0.1) is 0 Å². The largest absolute Gasteiger partial charge is 0.378 e. The highest BCUT2D eigenvalue weighted by molar-refractivity contribution is 5.18. The quantitative estimate of drug-likeness (QED) is 0.869. The lowest BCUT2D eigenvalue weighted by atomic mass is 9.82. The first-order valence-electron chi connectivity index (χ1n) is 6.99. The molecule has 2 heterocycles. The Morgan fingerprint density at radius 1 is 1.44 bits per heavy atom. The summed E-state index contributed by atoms with van der Waals surface area (Å²) in [5.74, 6) is 1.09. The predicted octanol–water partition coefficient (Wildman–Crippen LogP) is 2.59. The van der Waals surface area contributed by atoms with Gasteiger partial charge in [0.1, 0.15) is 0 Å². The predicted molar refractivity (Wildman–Crippen MR) is 73.6 cm³/mol. The zero-order chi connectivity index (χ0) is 13.0. The molecule has 0 aliphatic carbocycles. The maximum atomic E-state index is 5.73. The van der Waals surface area contributed by atoms with Gasteiger partial charge in [-0.05, 0) is 43.5 Å². The van der Waals surface area contributed by atoms with Crippen LogP contribution in [0.25, 0.3) is 0 Å². The molecule has 1 aliphatic heterocycles. The van der Waals surface area contributed by atoms with Gasteiger partial charge < -0.3 is 10.1 Å². The first kappa shape index (κ1) is 13.5. The molecule has 0 saturated carbocycles. The molecule has 3 nitrogen and oxygen atoms in total. The van der Waals surface area contributed by atoms with Gasteiger partial charge in [0.05, 0.1) is 6.10 Å². The lowest BCUT2D eigenvalue weighted by Crippen LogP contribution is -2.42. The highest BCUT2D eigenvalue weighted by Crippen LogP contribution is 2.32. The molecular weight excluding hydrogens is 224 g/mol. The van der Waals surface area contributed by atoms with Crippen molar-refractivity contribution in [2.45, 2.75) is 45.3 Å². The number of pyridine rings is 1. The molecule has 1 saturated heterocycles. The van der Waals surface area contributed by atoms with Crippen LogP contribution in [-0.2, 0) is 4.74 Å². The number of hydrogen-bond acceptors (Lipinski definition) is 3. The van der Waals surface area contributed by atoms with Crippen LogP contribution in [-0.4, -0.2) is 30.3 Å². The van der Waals surface area contributed by atoms with E-state index in [-0.39, 0.29) is 0 Å². The van der Waals surface area contributed by atoms with Crippen LogP contribution in [0.4, 0.5) is 0 Å². The Kier molecular flexibility index (Phi) is 4.72. The smallest absolute Gasteiger partial charge is 0.0591 e. The van der Waals surface area contributed by atoms with Crippen molar-refractivity contribution in [2.24, 2.45) is 5.92 Å². The second-order valence-electron chi connectivity index (χ2n) is 5.18. The van der Waals surface area contributed by atoms with Crippen LogP contribution in [0.1, 0.15) is 38.7 Å². The second kappa shape index (κ2) is 6.30. The number of ether oxygens (including phenoxy) is 1. The van der Waals surface area contributed by atoms with Gasteiger partial charge >= 0.3 is 0 Å². The van der Waals surface area contributed by atoms with Crippen LogP contribution in [0.3, 0.4) is 0 Å². The van der Waals surface area contributed by atoms with E-state index in [2.05, 4.69) is 43.2 Å². The summed E-state index contributed by atoms with van der Waals surface area (Å²) in [4.78, 5) is 4.10. The Morgan fingerprint density at radius 2 is 2.17 bits per heavy atom. The van der Waals surface area contributed by atoms with E-state index in [9.17, 15) is 0 Å². The lowest BCUT2D eigenvalue weighted by molar-refractivity contribution is 0.0927. The van der Waals surface area contributed by atoms with Crippen LogP contribution in [0.2, 0.25) is 0 Å². The molecule has 100 valence electrons. The summed E-state index contributed by atoms with van der Waals surface area (Å²) in [5.41, 5.74) is 1.36. The van der Waals surface area contributed by atoms with Crippen molar-refractivity contribution in [2.75, 3.05) is 13.2 Å². The SMILES string of the molecule is CCNC(C(C)c1ccncc1)C1CCOC1C. The van der Waals surface area contributed by atoms with Crippen molar-refractivity contribution in [1.29, 1.82) is 0 Å². The summed E-state index contributed by atoms with van der Waals surface area (Å²) in [6, 6.07) is 4.72. The average Bonchev–Trinajstić information content (AvgIpc) is 2.82. The monoisotopic (exact) mass is 248 g/mol. The molecule has 0 amide bonds. The van der Waals surface area contributed by atoms with Crippen LogP contribution in [0, 0.1) is 5.92 Å². The maximum absolute atomic E-state index is 5.73. The minimum atomic E-state index is 0.360. The Bertz CT molecular complexity index is 355. The summed E-state index contributed by atoms with van der Waals surface area (Å²) in [6.45, 7) is 8.57. The van der Waals surface area contributed by atoms with E-state index in [1.165, 1.54) is 5.56 Å². The number of nitrogens with one attached hydrogen (secondary N) is 1. The van der Waals surface area contributed by atoms with Gasteiger partial charge in [0, 0.05) is 31.0 Å². The molecule has 0 radical (unpaired) electrons. The van der Waals surface area contributed by atoms with Gasteiger partial charge in [-0.1, -0.05) is 13.8 Å². The molecule has 4 unspecified atom stereocenters. The summed E-state index contributed by atoms with van der Waals surface area (Å²) in [6.07, 6.45) is 5.28. The zero-order valence-corrected chi connectivity index (χ0v) is 11.6. The normalized spacial score (nSPS) is 27.1. The molecule has 0 bridgehead atoms. The fraction of sp³-hybridized carbons (Fsp3) is 0.667. The molecule has 1 N–H and O–H groups in total. The van der Waals surface area contributed by atoms with Gasteiger partial charge in [-0.2, -0.15) is 0 Å². The van der Waals surface area contributed by atoms with Gasteiger partial charge in [0.15, 0.2) is 0 Å². The Morgan fingerprint density at radius 3 is 2.72 bits per heavy atom. The van der Waals surface area contributed by atoms with Crippen molar-refractivity contribution in [3.8, 4) is 0 Å². The lowest BCUT2D eigenvalue weighted by Gasteiger charge is -2.32. The van der Waals surface area contributed by atoms with E-state index in [1.807, 2.05) is 12.4 Å². The summed E-state index contributed by atoms with van der Waals surface area (Å²) < 4.78 is 5.73. The third-order valence-electron chi connectivity index (χ3n) is 4.11. The first-order valence-corrected chi connectivity index (χ1v) is 6.99.